The first-order chi connectivity index (χ1) is 8.28. The van der Waals surface area contributed by atoms with Crippen molar-refractivity contribution in [2.45, 2.75) is 33.3 Å². The number of nitrogens with two attached hydrogens (primary N) is 1. The zero-order valence-corrected chi connectivity index (χ0v) is 11.5. The fourth-order valence-electron chi connectivity index (χ4n) is 2.22. The van der Waals surface area contributed by atoms with Crippen molar-refractivity contribution in [2.24, 2.45) is 22.7 Å². The SMILES string of the molecule is CC(C)C(C(=O)N1CCOC(C)(C)C1)C(N)=NO. The van der Waals surface area contributed by atoms with Gasteiger partial charge in [0.2, 0.25) is 5.91 Å². The second kappa shape index (κ2) is 5.56. The van der Waals surface area contributed by atoms with Gasteiger partial charge in [-0.15, -0.1) is 0 Å². The van der Waals surface area contributed by atoms with Gasteiger partial charge in [0.05, 0.1) is 12.2 Å². The van der Waals surface area contributed by atoms with Gasteiger partial charge in [-0.25, -0.2) is 0 Å². The van der Waals surface area contributed by atoms with Crippen LogP contribution in [0.25, 0.3) is 0 Å². The Hall–Kier alpha value is -1.30. The van der Waals surface area contributed by atoms with E-state index in [-0.39, 0.29) is 23.3 Å². The van der Waals surface area contributed by atoms with Gasteiger partial charge in [0, 0.05) is 13.1 Å². The Kier molecular flexibility index (Phi) is 4.56. The summed E-state index contributed by atoms with van der Waals surface area (Å²) < 4.78 is 5.57. The van der Waals surface area contributed by atoms with E-state index in [1.54, 1.807) is 4.90 Å². The molecule has 1 heterocycles. The van der Waals surface area contributed by atoms with Crippen molar-refractivity contribution in [1.82, 2.24) is 4.90 Å². The molecule has 1 saturated heterocycles. The van der Waals surface area contributed by atoms with E-state index in [0.29, 0.717) is 19.7 Å². The molecule has 1 fully saturated rings. The average molecular weight is 257 g/mol. The van der Waals surface area contributed by atoms with Crippen molar-refractivity contribution in [3.8, 4) is 0 Å². The molecule has 6 nitrogen and oxygen atoms in total. The average Bonchev–Trinajstić information content (AvgIpc) is 2.27. The number of hydrogen-bond donors (Lipinski definition) is 2. The number of amides is 1. The van der Waals surface area contributed by atoms with Crippen molar-refractivity contribution in [3.63, 3.8) is 0 Å². The van der Waals surface area contributed by atoms with Crippen molar-refractivity contribution in [1.29, 1.82) is 0 Å². The highest BCUT2D eigenvalue weighted by Gasteiger charge is 2.36. The van der Waals surface area contributed by atoms with Crippen LogP contribution in [0.15, 0.2) is 5.16 Å². The van der Waals surface area contributed by atoms with Crippen LogP contribution >= 0.6 is 0 Å². The largest absolute Gasteiger partial charge is 0.409 e. The molecular weight excluding hydrogens is 234 g/mol. The standard InChI is InChI=1S/C12H23N3O3/c1-8(2)9(10(13)14-17)11(16)15-5-6-18-12(3,4)7-15/h8-9,17H,5-7H2,1-4H3,(H2,13,14). The molecule has 0 aliphatic carbocycles. The zero-order valence-electron chi connectivity index (χ0n) is 11.5. The Morgan fingerprint density at radius 2 is 2.11 bits per heavy atom. The molecule has 0 spiro atoms. The minimum atomic E-state index is -0.580. The number of hydrogen-bond acceptors (Lipinski definition) is 4. The summed E-state index contributed by atoms with van der Waals surface area (Å²) in [6, 6.07) is 0. The fraction of sp³-hybridized carbons (Fsp3) is 0.833. The number of oxime groups is 1. The van der Waals surface area contributed by atoms with Crippen molar-refractivity contribution in [2.75, 3.05) is 19.7 Å². The smallest absolute Gasteiger partial charge is 0.233 e. The lowest BCUT2D eigenvalue weighted by Gasteiger charge is -2.39. The van der Waals surface area contributed by atoms with E-state index in [9.17, 15) is 4.79 Å². The molecule has 0 aromatic rings. The Morgan fingerprint density at radius 1 is 1.50 bits per heavy atom. The van der Waals surface area contributed by atoms with Crippen LogP contribution in [-0.2, 0) is 9.53 Å². The minimum absolute atomic E-state index is 0.0145. The minimum Gasteiger partial charge on any atom is -0.409 e. The predicted molar refractivity (Wildman–Crippen MR) is 68.3 cm³/mol. The van der Waals surface area contributed by atoms with Crippen LogP contribution in [0.1, 0.15) is 27.7 Å². The van der Waals surface area contributed by atoms with Gasteiger partial charge >= 0.3 is 0 Å². The second-order valence-corrected chi connectivity index (χ2v) is 5.61. The first kappa shape index (κ1) is 14.8. The molecule has 6 heteroatoms. The molecule has 0 aromatic heterocycles. The number of nitrogens with zero attached hydrogens (tertiary/aromatic N) is 2. The summed E-state index contributed by atoms with van der Waals surface area (Å²) in [5, 5.41) is 11.7. The highest BCUT2D eigenvalue weighted by atomic mass is 16.5. The van der Waals surface area contributed by atoms with Gasteiger partial charge in [-0.3, -0.25) is 4.79 Å². The topological polar surface area (TPSA) is 88.2 Å². The van der Waals surface area contributed by atoms with Crippen molar-refractivity contribution in [3.05, 3.63) is 0 Å². The van der Waals surface area contributed by atoms with Gasteiger partial charge in [-0.2, -0.15) is 0 Å². The molecule has 1 rings (SSSR count). The van der Waals surface area contributed by atoms with Crippen LogP contribution in [0, 0.1) is 11.8 Å². The molecular formula is C12H23N3O3. The van der Waals surface area contributed by atoms with Crippen LogP contribution < -0.4 is 5.73 Å². The van der Waals surface area contributed by atoms with Crippen LogP contribution in [0.5, 0.6) is 0 Å². The molecule has 3 N–H and O–H groups in total. The number of ether oxygens (including phenoxy) is 1. The summed E-state index contributed by atoms with van der Waals surface area (Å²) >= 11 is 0. The summed E-state index contributed by atoms with van der Waals surface area (Å²) in [5.74, 6) is -0.723. The number of carbonyl (C=O) groups excluding carboxylic acids is 1. The maximum Gasteiger partial charge on any atom is 0.233 e. The highest BCUT2D eigenvalue weighted by Crippen LogP contribution is 2.21. The van der Waals surface area contributed by atoms with Crippen LogP contribution in [0.2, 0.25) is 0 Å². The Bertz CT molecular complexity index is 339. The Balaban J connectivity index is 2.84. The van der Waals surface area contributed by atoms with Gasteiger partial charge in [0.25, 0.3) is 0 Å². The van der Waals surface area contributed by atoms with Gasteiger partial charge in [-0.1, -0.05) is 19.0 Å². The molecule has 0 radical (unpaired) electrons. The molecule has 0 saturated carbocycles. The number of carbonyl (C=O) groups is 1. The normalized spacial score (nSPS) is 22.1. The molecule has 1 aliphatic rings. The lowest BCUT2D eigenvalue weighted by molar-refractivity contribution is -0.149. The maximum absolute atomic E-state index is 12.4. The molecule has 1 atom stereocenters. The van der Waals surface area contributed by atoms with Crippen LogP contribution in [0.4, 0.5) is 0 Å². The van der Waals surface area contributed by atoms with Gasteiger partial charge in [0.15, 0.2) is 5.84 Å². The van der Waals surface area contributed by atoms with Gasteiger partial charge in [0.1, 0.15) is 5.92 Å². The van der Waals surface area contributed by atoms with Gasteiger partial charge in [-0.05, 0) is 19.8 Å². The zero-order chi connectivity index (χ0) is 13.9. The summed E-state index contributed by atoms with van der Waals surface area (Å²) in [5.41, 5.74) is 5.27. The summed E-state index contributed by atoms with van der Waals surface area (Å²) in [4.78, 5) is 14.2. The third-order valence-electron chi connectivity index (χ3n) is 3.10. The lowest BCUT2D eigenvalue weighted by Crippen LogP contribution is -2.54. The molecule has 0 aromatic carbocycles. The van der Waals surface area contributed by atoms with E-state index in [0.717, 1.165) is 0 Å². The first-order valence-corrected chi connectivity index (χ1v) is 6.18. The van der Waals surface area contributed by atoms with Crippen molar-refractivity contribution < 1.29 is 14.7 Å². The fourth-order valence-corrected chi connectivity index (χ4v) is 2.22. The lowest BCUT2D eigenvalue weighted by atomic mass is 9.92. The quantitative estimate of drug-likeness (QED) is 0.336. The van der Waals surface area contributed by atoms with Gasteiger partial charge < -0.3 is 20.6 Å². The van der Waals surface area contributed by atoms with E-state index in [4.69, 9.17) is 15.7 Å². The second-order valence-electron chi connectivity index (χ2n) is 5.61. The van der Waals surface area contributed by atoms with Crippen molar-refractivity contribution >= 4 is 11.7 Å². The highest BCUT2D eigenvalue weighted by molar-refractivity contribution is 6.02. The number of amidine groups is 1. The molecule has 1 amide bonds. The maximum atomic E-state index is 12.4. The first-order valence-electron chi connectivity index (χ1n) is 6.18. The van der Waals surface area contributed by atoms with E-state index in [2.05, 4.69) is 5.16 Å². The summed E-state index contributed by atoms with van der Waals surface area (Å²) in [7, 11) is 0. The molecule has 0 bridgehead atoms. The molecule has 1 unspecified atom stereocenters. The molecule has 18 heavy (non-hydrogen) atoms. The molecule has 1 aliphatic heterocycles. The monoisotopic (exact) mass is 257 g/mol. The Labute approximate surface area is 108 Å². The Morgan fingerprint density at radius 3 is 2.56 bits per heavy atom. The third-order valence-corrected chi connectivity index (χ3v) is 3.10. The number of morpholine rings is 1. The van der Waals surface area contributed by atoms with Crippen LogP contribution in [0.3, 0.4) is 0 Å². The summed E-state index contributed by atoms with van der Waals surface area (Å²) in [6.07, 6.45) is 0. The number of rotatable bonds is 3. The van der Waals surface area contributed by atoms with E-state index in [1.807, 2.05) is 27.7 Å². The molecule has 104 valence electrons. The predicted octanol–water partition coefficient (Wildman–Crippen LogP) is 0.642. The third kappa shape index (κ3) is 3.35. The van der Waals surface area contributed by atoms with E-state index in [1.165, 1.54) is 0 Å². The van der Waals surface area contributed by atoms with E-state index >= 15 is 0 Å². The summed E-state index contributed by atoms with van der Waals surface area (Å²) in [6.45, 7) is 9.23. The van der Waals surface area contributed by atoms with E-state index < -0.39 is 5.92 Å². The van der Waals surface area contributed by atoms with Crippen LogP contribution in [-0.4, -0.2) is 47.1 Å².